The van der Waals surface area contributed by atoms with Crippen LogP contribution in [-0.2, 0) is 44.6 Å². The van der Waals surface area contributed by atoms with Crippen LogP contribution in [0.15, 0.2) is 30.3 Å². The lowest BCUT2D eigenvalue weighted by Crippen LogP contribution is -2.36. The molecule has 0 unspecified atom stereocenters. The number of hydrogen-bond donors (Lipinski definition) is 6. The van der Waals surface area contributed by atoms with Crippen molar-refractivity contribution in [3.05, 3.63) is 35.9 Å². The second-order valence-electron chi connectivity index (χ2n) is 15.3. The summed E-state index contributed by atoms with van der Waals surface area (Å²) >= 11 is 0. The van der Waals surface area contributed by atoms with Crippen LogP contribution in [0.2, 0.25) is 0 Å². The van der Waals surface area contributed by atoms with E-state index in [1.165, 1.54) is 0 Å². The predicted molar refractivity (Wildman–Crippen MR) is 206 cm³/mol. The number of benzene rings is 1. The first-order chi connectivity index (χ1) is 25.3. The summed E-state index contributed by atoms with van der Waals surface area (Å²) in [6.07, 6.45) is 8.01. The highest BCUT2D eigenvalue weighted by Crippen LogP contribution is 2.24. The highest BCUT2D eigenvalue weighted by atomic mass is 35.5. The minimum atomic E-state index is -0.416. The molecular weight excluding hydrogens is 724 g/mol. The molecule has 54 heavy (non-hydrogen) atoms. The lowest BCUT2D eigenvalue weighted by molar-refractivity contribution is -0.158. The molecule has 0 aromatic heterocycles. The fourth-order valence-electron chi connectivity index (χ4n) is 5.92. The van der Waals surface area contributed by atoms with Crippen LogP contribution >= 0.6 is 12.4 Å². The number of carbonyl (C=O) groups excluding carboxylic acids is 2. The summed E-state index contributed by atoms with van der Waals surface area (Å²) in [6.45, 7) is 8.60. The van der Waals surface area contributed by atoms with Gasteiger partial charge >= 0.3 is 11.9 Å². The number of carbonyl (C=O) groups is 2. The summed E-state index contributed by atoms with van der Waals surface area (Å²) in [5.74, 6) is 0.104. The van der Waals surface area contributed by atoms with Gasteiger partial charge in [-0.3, -0.25) is 9.59 Å². The Morgan fingerprint density at radius 1 is 0.630 bits per heavy atom. The Labute approximate surface area is 327 Å². The highest BCUT2D eigenvalue weighted by Gasteiger charge is 2.26. The number of hydrogen-bond acceptors (Lipinski definition) is 14. The molecule has 15 heteroatoms. The molecule has 1 aromatic carbocycles. The Hall–Kier alpha value is -1.95. The third kappa shape index (κ3) is 23.2. The molecule has 8 N–H and O–H groups in total. The van der Waals surface area contributed by atoms with Gasteiger partial charge in [-0.05, 0) is 89.5 Å². The van der Waals surface area contributed by atoms with Crippen molar-refractivity contribution in [3.8, 4) is 0 Å². The van der Waals surface area contributed by atoms with Gasteiger partial charge < -0.3 is 60.3 Å². The SMILES string of the molecule is CC(C)(C)OC(=O)C[C@@H]1CC[C@@H](CO)OC1.Cl.N[C@@H]1CC[C@@H](CO)OC1.N[C@@H]1CC[C@@H](CO)OC1.O=C(C[C@@H]1CC[C@@H](CO)OC1)OCc1ccccc1. The van der Waals surface area contributed by atoms with E-state index < -0.39 is 5.60 Å². The van der Waals surface area contributed by atoms with Gasteiger partial charge in [0.15, 0.2) is 0 Å². The van der Waals surface area contributed by atoms with Crippen molar-refractivity contribution in [1.82, 2.24) is 0 Å². The monoisotopic (exact) mass is 792 g/mol. The summed E-state index contributed by atoms with van der Waals surface area (Å²) in [4.78, 5) is 23.3. The van der Waals surface area contributed by atoms with Crippen molar-refractivity contribution in [2.45, 2.75) is 134 Å². The van der Waals surface area contributed by atoms with Gasteiger partial charge in [-0.1, -0.05) is 30.3 Å². The van der Waals surface area contributed by atoms with Crippen LogP contribution in [0.25, 0.3) is 0 Å². The Kier molecular flexibility index (Phi) is 26.4. The van der Waals surface area contributed by atoms with Gasteiger partial charge in [-0.25, -0.2) is 0 Å². The minimum absolute atomic E-state index is 0. The zero-order valence-electron chi connectivity index (χ0n) is 32.6. The number of rotatable bonds is 10. The lowest BCUT2D eigenvalue weighted by atomic mass is 9.95. The Morgan fingerprint density at radius 2 is 1.02 bits per heavy atom. The molecule has 4 saturated heterocycles. The zero-order chi connectivity index (χ0) is 39.1. The standard InChI is InChI=1S/C15H20O4.C12H22O4.2C6H13NO2.ClH/c16-9-14-7-6-13(11-18-14)8-15(17)19-10-12-4-2-1-3-5-12;1-12(2,3)16-11(14)6-9-4-5-10(7-13)15-8-9;2*7-5-1-2-6(3-8)9-4-5;/h1-5,13-14,16H,6-11H2;9-10,13H,4-8H2,1-3H3;2*5-6,8H,1-4,7H2;1H/t13-,14-;9-,10-;2*5-,6+;/m0011./s1. The molecule has 0 amide bonds. The highest BCUT2D eigenvalue weighted by molar-refractivity contribution is 5.85. The van der Waals surface area contributed by atoms with Gasteiger partial charge in [-0.15, -0.1) is 12.4 Å². The Morgan fingerprint density at radius 3 is 1.35 bits per heavy atom. The Balaban J connectivity index is 0.000000376. The van der Waals surface area contributed by atoms with Gasteiger partial charge in [0.25, 0.3) is 0 Å². The van der Waals surface area contributed by atoms with E-state index in [0.717, 1.165) is 56.9 Å². The lowest BCUT2D eigenvalue weighted by Gasteiger charge is -2.28. The molecule has 4 heterocycles. The first-order valence-electron chi connectivity index (χ1n) is 19.2. The van der Waals surface area contributed by atoms with E-state index >= 15 is 0 Å². The van der Waals surface area contributed by atoms with Gasteiger partial charge in [-0.2, -0.15) is 0 Å². The van der Waals surface area contributed by atoms with E-state index in [2.05, 4.69) is 0 Å². The number of ether oxygens (including phenoxy) is 6. The Bertz CT molecular complexity index is 1060. The normalized spacial score (nSPS) is 28.2. The van der Waals surface area contributed by atoms with Crippen LogP contribution in [0.1, 0.15) is 90.5 Å². The fourth-order valence-corrected chi connectivity index (χ4v) is 5.92. The van der Waals surface area contributed by atoms with Gasteiger partial charge in [0.05, 0.1) is 90.1 Å². The molecule has 4 fully saturated rings. The van der Waals surface area contributed by atoms with E-state index in [9.17, 15) is 9.59 Å². The van der Waals surface area contributed by atoms with Gasteiger partial charge in [0.1, 0.15) is 12.2 Å². The molecule has 4 aliphatic heterocycles. The van der Waals surface area contributed by atoms with Crippen LogP contribution in [0.3, 0.4) is 0 Å². The van der Waals surface area contributed by atoms with E-state index in [4.69, 9.17) is 60.3 Å². The van der Waals surface area contributed by atoms with Crippen molar-refractivity contribution in [2.75, 3.05) is 52.9 Å². The fraction of sp³-hybridized carbons (Fsp3) is 0.795. The van der Waals surface area contributed by atoms with Crippen molar-refractivity contribution < 1.29 is 58.4 Å². The maximum atomic E-state index is 11.7. The van der Waals surface area contributed by atoms with Crippen LogP contribution in [0, 0.1) is 11.8 Å². The third-order valence-corrected chi connectivity index (χ3v) is 9.13. The number of aliphatic hydroxyl groups excluding tert-OH is 4. The molecule has 314 valence electrons. The van der Waals surface area contributed by atoms with Gasteiger partial charge in [0.2, 0.25) is 0 Å². The first-order valence-corrected chi connectivity index (χ1v) is 19.2. The van der Waals surface area contributed by atoms with E-state index in [1.807, 2.05) is 51.1 Å². The van der Waals surface area contributed by atoms with Crippen LogP contribution in [0.5, 0.6) is 0 Å². The van der Waals surface area contributed by atoms with Crippen molar-refractivity contribution >= 4 is 24.3 Å². The average Bonchev–Trinajstić information content (AvgIpc) is 3.16. The summed E-state index contributed by atoms with van der Waals surface area (Å²) in [5.41, 5.74) is 11.7. The zero-order valence-corrected chi connectivity index (χ0v) is 33.4. The molecule has 0 aliphatic carbocycles. The summed E-state index contributed by atoms with van der Waals surface area (Å²) in [5, 5.41) is 35.1. The topological polar surface area (TPSA) is 222 Å². The number of aliphatic hydroxyl groups is 4. The summed E-state index contributed by atoms with van der Waals surface area (Å²) in [7, 11) is 0. The molecule has 0 bridgehead atoms. The first kappa shape index (κ1) is 50.1. The van der Waals surface area contributed by atoms with Crippen LogP contribution in [0.4, 0.5) is 0 Å². The molecule has 0 radical (unpaired) electrons. The number of esters is 2. The second kappa shape index (κ2) is 28.4. The third-order valence-electron chi connectivity index (χ3n) is 9.13. The van der Waals surface area contributed by atoms with Crippen molar-refractivity contribution in [2.24, 2.45) is 23.3 Å². The molecule has 8 atom stereocenters. The maximum absolute atomic E-state index is 11.7. The molecule has 0 spiro atoms. The van der Waals surface area contributed by atoms with E-state index in [1.54, 1.807) is 0 Å². The molecule has 14 nitrogen and oxygen atoms in total. The summed E-state index contributed by atoms with van der Waals surface area (Å²) in [6, 6.07) is 10.0. The quantitative estimate of drug-likeness (QED) is 0.188. The molecule has 4 aliphatic rings. The molecule has 5 rings (SSSR count). The average molecular weight is 793 g/mol. The summed E-state index contributed by atoms with van der Waals surface area (Å²) < 4.78 is 31.7. The van der Waals surface area contributed by atoms with E-state index in [0.29, 0.717) is 45.9 Å². The van der Waals surface area contributed by atoms with Gasteiger partial charge in [0, 0.05) is 12.1 Å². The molecule has 0 saturated carbocycles. The smallest absolute Gasteiger partial charge is 0.306 e. The number of halogens is 1. The number of nitrogens with two attached hydrogens (primary N) is 2. The van der Waals surface area contributed by atoms with Crippen LogP contribution < -0.4 is 11.5 Å². The maximum Gasteiger partial charge on any atom is 0.306 e. The van der Waals surface area contributed by atoms with Crippen molar-refractivity contribution in [3.63, 3.8) is 0 Å². The van der Waals surface area contributed by atoms with E-state index in [-0.39, 0.29) is 99.1 Å². The second-order valence-corrected chi connectivity index (χ2v) is 15.3. The van der Waals surface area contributed by atoms with Crippen LogP contribution in [-0.4, -0.2) is 127 Å². The molecular formula is C39H69ClN2O12. The minimum Gasteiger partial charge on any atom is -0.461 e. The predicted octanol–water partition coefficient (Wildman–Crippen LogP) is 2.80. The molecule has 1 aromatic rings. The van der Waals surface area contributed by atoms with Crippen molar-refractivity contribution in [1.29, 1.82) is 0 Å². The largest absolute Gasteiger partial charge is 0.461 e.